The number of ketones is 1. The molecule has 0 aliphatic heterocycles. The van der Waals surface area contributed by atoms with Crippen molar-refractivity contribution in [2.24, 2.45) is 0 Å². The van der Waals surface area contributed by atoms with Crippen molar-refractivity contribution in [1.29, 1.82) is 0 Å². The molecule has 0 amide bonds. The number of fused-ring (bicyclic) bond motifs is 1. The number of anilines is 1. The van der Waals surface area contributed by atoms with E-state index in [-0.39, 0.29) is 12.3 Å². The molecular formula is C28H35N9O2. The molecule has 0 atom stereocenters. The molecule has 0 radical (unpaired) electrons. The summed E-state index contributed by atoms with van der Waals surface area (Å²) in [6.45, 7) is 7.36. The fourth-order valence-corrected chi connectivity index (χ4v) is 4.10. The van der Waals surface area contributed by atoms with Gasteiger partial charge in [0.15, 0.2) is 11.6 Å². The molecule has 0 aromatic carbocycles. The third-order valence-corrected chi connectivity index (χ3v) is 6.30. The van der Waals surface area contributed by atoms with E-state index in [9.17, 15) is 4.79 Å². The largest absolute Gasteiger partial charge is 0.501 e. The number of hydrogen-bond donors (Lipinski definition) is 2. The van der Waals surface area contributed by atoms with Gasteiger partial charge >= 0.3 is 0 Å². The van der Waals surface area contributed by atoms with Crippen LogP contribution in [0.3, 0.4) is 0 Å². The van der Waals surface area contributed by atoms with Gasteiger partial charge in [-0.1, -0.05) is 12.6 Å². The number of carbonyl (C=O) groups is 1. The summed E-state index contributed by atoms with van der Waals surface area (Å²) in [5.41, 5.74) is 5.14. The molecule has 1 aliphatic carbocycles. The average Bonchev–Trinajstić information content (AvgIpc) is 3.29. The summed E-state index contributed by atoms with van der Waals surface area (Å²) in [7, 11) is 7.73. The number of rotatable bonds is 12. The lowest BCUT2D eigenvalue weighted by Gasteiger charge is -2.25. The van der Waals surface area contributed by atoms with Crippen LogP contribution in [-0.2, 0) is 9.53 Å². The Morgan fingerprint density at radius 2 is 2.03 bits per heavy atom. The molecule has 3 heterocycles. The van der Waals surface area contributed by atoms with E-state index >= 15 is 0 Å². The minimum atomic E-state index is -0.105. The summed E-state index contributed by atoms with van der Waals surface area (Å²) in [6.07, 6.45) is 10.9. The van der Waals surface area contributed by atoms with Crippen molar-refractivity contribution < 1.29 is 9.53 Å². The number of carbonyl (C=O) groups excluding carboxylic acids is 1. The first kappa shape index (κ1) is 27.5. The van der Waals surface area contributed by atoms with Crippen molar-refractivity contribution in [3.63, 3.8) is 0 Å². The lowest BCUT2D eigenvalue weighted by Crippen LogP contribution is -2.31. The zero-order chi connectivity index (χ0) is 27.9. The predicted molar refractivity (Wildman–Crippen MR) is 152 cm³/mol. The fourth-order valence-electron chi connectivity index (χ4n) is 4.10. The maximum atomic E-state index is 12.1. The highest BCUT2D eigenvalue weighted by Gasteiger charge is 2.19. The summed E-state index contributed by atoms with van der Waals surface area (Å²) < 4.78 is 7.68. The molecule has 2 N–H and O–H groups in total. The van der Waals surface area contributed by atoms with Gasteiger partial charge in [0.1, 0.15) is 23.4 Å². The van der Waals surface area contributed by atoms with Crippen LogP contribution in [0.4, 0.5) is 5.95 Å². The van der Waals surface area contributed by atoms with Crippen LogP contribution in [-0.4, -0.2) is 87.8 Å². The van der Waals surface area contributed by atoms with E-state index in [4.69, 9.17) is 4.74 Å². The van der Waals surface area contributed by atoms with Gasteiger partial charge in [-0.3, -0.25) is 9.20 Å². The first-order valence-corrected chi connectivity index (χ1v) is 12.6. The van der Waals surface area contributed by atoms with Gasteiger partial charge < -0.3 is 25.2 Å². The van der Waals surface area contributed by atoms with E-state index in [1.165, 1.54) is 12.4 Å². The van der Waals surface area contributed by atoms with E-state index in [2.05, 4.69) is 46.9 Å². The van der Waals surface area contributed by atoms with Crippen molar-refractivity contribution in [3.8, 4) is 11.5 Å². The molecule has 0 saturated heterocycles. The highest BCUT2D eigenvalue weighted by molar-refractivity contribution is 5.91. The Bertz CT molecular complexity index is 1450. The van der Waals surface area contributed by atoms with E-state index in [0.717, 1.165) is 52.8 Å². The molecule has 0 spiro atoms. The second-order valence-corrected chi connectivity index (χ2v) is 9.49. The topological polar surface area (TPSA) is 113 Å². The van der Waals surface area contributed by atoms with E-state index < -0.39 is 0 Å². The minimum Gasteiger partial charge on any atom is -0.501 e. The van der Waals surface area contributed by atoms with Crippen LogP contribution in [0.2, 0.25) is 0 Å². The first-order valence-electron chi connectivity index (χ1n) is 12.6. The molecule has 3 aromatic heterocycles. The molecule has 204 valence electrons. The number of hydrogen-bond acceptors (Lipinski definition) is 10. The molecular weight excluding hydrogens is 494 g/mol. The monoisotopic (exact) mass is 529 g/mol. The Hall–Kier alpha value is -4.51. The van der Waals surface area contributed by atoms with Gasteiger partial charge in [-0.2, -0.15) is 4.98 Å². The molecule has 11 heteroatoms. The third-order valence-electron chi connectivity index (χ3n) is 6.30. The zero-order valence-electron chi connectivity index (χ0n) is 23.1. The van der Waals surface area contributed by atoms with Crippen LogP contribution in [0.5, 0.6) is 0 Å². The molecule has 0 bridgehead atoms. The van der Waals surface area contributed by atoms with Crippen LogP contribution < -0.4 is 10.6 Å². The second-order valence-electron chi connectivity index (χ2n) is 9.49. The summed E-state index contributed by atoms with van der Waals surface area (Å²) in [5, 5.41) is 6.60. The van der Waals surface area contributed by atoms with Crippen LogP contribution >= 0.6 is 0 Å². The normalized spacial score (nSPS) is 13.6. The number of pyridine rings is 1. The summed E-state index contributed by atoms with van der Waals surface area (Å²) >= 11 is 0. The summed E-state index contributed by atoms with van der Waals surface area (Å²) in [6, 6.07) is 3.98. The van der Waals surface area contributed by atoms with E-state index in [1.807, 2.05) is 62.9 Å². The molecule has 3 aromatic rings. The van der Waals surface area contributed by atoms with Crippen molar-refractivity contribution in [3.05, 3.63) is 84.1 Å². The number of ether oxygens (including phenoxy) is 1. The molecule has 0 fully saturated rings. The number of aryl methyl sites for hydroxylation is 1. The Labute approximate surface area is 228 Å². The lowest BCUT2D eigenvalue weighted by molar-refractivity contribution is -0.113. The number of likely N-dealkylation sites (N-methyl/N-ethyl adjacent to an activating group) is 2. The lowest BCUT2D eigenvalue weighted by atomic mass is 10.2. The van der Waals surface area contributed by atoms with Crippen molar-refractivity contribution in [1.82, 2.24) is 39.5 Å². The van der Waals surface area contributed by atoms with Crippen LogP contribution in [0, 0.1) is 6.92 Å². The Balaban J connectivity index is 1.68. The van der Waals surface area contributed by atoms with Gasteiger partial charge in [0.05, 0.1) is 31.2 Å². The molecule has 11 nitrogen and oxygen atoms in total. The number of nitrogens with zero attached hydrogens (tertiary/aromatic N) is 7. The fraction of sp³-hybridized carbons (Fsp3) is 0.321. The average molecular weight is 530 g/mol. The number of methoxy groups -OCH3 is 1. The smallest absolute Gasteiger partial charge is 0.230 e. The maximum absolute atomic E-state index is 12.1. The van der Waals surface area contributed by atoms with E-state index in [1.54, 1.807) is 13.3 Å². The SMILES string of the molecule is C=CC(=O)CNC1=C(N(C)CCN(C)C)C=C(OC)CC(Nc2ncnc(-c3cnc4c(C)cccn34)n2)=C1. The molecule has 0 unspecified atom stereocenters. The van der Waals surface area contributed by atoms with Crippen LogP contribution in [0.15, 0.2) is 78.5 Å². The Morgan fingerprint density at radius 3 is 2.77 bits per heavy atom. The predicted octanol–water partition coefficient (Wildman–Crippen LogP) is 2.77. The van der Waals surface area contributed by atoms with Gasteiger partial charge in [-0.25, -0.2) is 15.0 Å². The van der Waals surface area contributed by atoms with Gasteiger partial charge in [0.25, 0.3) is 0 Å². The third kappa shape index (κ3) is 6.68. The maximum Gasteiger partial charge on any atom is 0.230 e. The highest BCUT2D eigenvalue weighted by Crippen LogP contribution is 2.25. The minimum absolute atomic E-state index is 0.105. The molecule has 1 aliphatic rings. The van der Waals surface area contributed by atoms with Gasteiger partial charge in [0, 0.05) is 44.5 Å². The number of aromatic nitrogens is 5. The highest BCUT2D eigenvalue weighted by atomic mass is 16.5. The van der Waals surface area contributed by atoms with E-state index in [0.29, 0.717) is 18.2 Å². The Morgan fingerprint density at radius 1 is 1.21 bits per heavy atom. The summed E-state index contributed by atoms with van der Waals surface area (Å²) in [4.78, 5) is 34.2. The number of imidazole rings is 1. The standard InChI is InChI=1S/C28H35N9O2/c1-7-21(38)16-29-23-14-20(13-22(39-6)15-24(23)36(5)12-11-35(3)4)33-28-32-18-31-26(34-28)25-17-30-27-19(2)9-8-10-37(25)27/h7-10,14-15,17-18,29H,1,11-13,16H2,2-6H3,(H,31,32,33,34). The number of allylic oxidation sites excluding steroid dienone is 2. The van der Waals surface area contributed by atoms with Crippen LogP contribution in [0.25, 0.3) is 17.2 Å². The van der Waals surface area contributed by atoms with Crippen molar-refractivity contribution in [2.45, 2.75) is 13.3 Å². The second kappa shape index (κ2) is 12.4. The molecule has 4 rings (SSSR count). The van der Waals surface area contributed by atoms with Crippen LogP contribution in [0.1, 0.15) is 12.0 Å². The van der Waals surface area contributed by atoms with Crippen molar-refractivity contribution in [2.75, 3.05) is 53.2 Å². The molecule has 39 heavy (non-hydrogen) atoms. The first-order chi connectivity index (χ1) is 18.8. The van der Waals surface area contributed by atoms with Crippen molar-refractivity contribution >= 4 is 17.4 Å². The number of nitrogens with one attached hydrogen (secondary N) is 2. The van der Waals surface area contributed by atoms with Gasteiger partial charge in [-0.15, -0.1) is 0 Å². The van der Waals surface area contributed by atoms with Gasteiger partial charge in [0.2, 0.25) is 5.95 Å². The zero-order valence-corrected chi connectivity index (χ0v) is 23.1. The van der Waals surface area contributed by atoms with Gasteiger partial charge in [-0.05, 0) is 44.8 Å². The summed E-state index contributed by atoms with van der Waals surface area (Å²) in [5.74, 6) is 1.53. The molecule has 0 saturated carbocycles. The quantitative estimate of drug-likeness (QED) is 0.340. The Kier molecular flexibility index (Phi) is 8.72.